The van der Waals surface area contributed by atoms with Crippen molar-refractivity contribution in [3.8, 4) is 0 Å². The van der Waals surface area contributed by atoms with Crippen LogP contribution in [0, 0.1) is 4.78 Å². The minimum Gasteiger partial charge on any atom is -0.249 e. The van der Waals surface area contributed by atoms with Gasteiger partial charge in [0.15, 0.2) is 0 Å². The van der Waals surface area contributed by atoms with Crippen LogP contribution in [0.15, 0.2) is 21.6 Å². The number of nitrogens with one attached hydrogen (secondary N) is 1. The zero-order valence-electron chi connectivity index (χ0n) is 6.17. The van der Waals surface area contributed by atoms with Crippen molar-refractivity contribution in [1.82, 2.24) is 4.98 Å². The standard InChI is InChI=1S/C6H6BrClN2OS/c1-12(9,11)5-2-4(7)3-10-6(5)8/h2-3,9H,1H3. The molecule has 3 nitrogen and oxygen atoms in total. The number of rotatable bonds is 1. The van der Waals surface area contributed by atoms with Gasteiger partial charge in [0.2, 0.25) is 0 Å². The number of pyridine rings is 1. The highest BCUT2D eigenvalue weighted by atomic mass is 79.9. The molecule has 66 valence electrons. The summed E-state index contributed by atoms with van der Waals surface area (Å²) in [5.41, 5.74) is 0. The molecular formula is C6H6BrClN2OS. The van der Waals surface area contributed by atoms with E-state index in [1.165, 1.54) is 12.5 Å². The summed E-state index contributed by atoms with van der Waals surface area (Å²) in [6.45, 7) is 0. The van der Waals surface area contributed by atoms with Gasteiger partial charge < -0.3 is 0 Å². The van der Waals surface area contributed by atoms with E-state index in [4.69, 9.17) is 16.4 Å². The molecule has 0 aliphatic carbocycles. The molecule has 6 heteroatoms. The summed E-state index contributed by atoms with van der Waals surface area (Å²) < 4.78 is 19.2. The summed E-state index contributed by atoms with van der Waals surface area (Å²) in [6.07, 6.45) is 2.80. The quantitative estimate of drug-likeness (QED) is 0.797. The highest BCUT2D eigenvalue weighted by Crippen LogP contribution is 2.22. The number of hydrogen-bond donors (Lipinski definition) is 1. The van der Waals surface area contributed by atoms with Gasteiger partial charge in [-0.05, 0) is 22.0 Å². The molecule has 0 spiro atoms. The monoisotopic (exact) mass is 268 g/mol. The highest BCUT2D eigenvalue weighted by Gasteiger charge is 2.09. The number of aromatic nitrogens is 1. The molecule has 0 amide bonds. The topological polar surface area (TPSA) is 53.8 Å². The van der Waals surface area contributed by atoms with Crippen LogP contribution in [0.5, 0.6) is 0 Å². The van der Waals surface area contributed by atoms with Crippen LogP contribution < -0.4 is 0 Å². The second kappa shape index (κ2) is 3.32. The van der Waals surface area contributed by atoms with Crippen molar-refractivity contribution in [3.05, 3.63) is 21.9 Å². The van der Waals surface area contributed by atoms with Gasteiger partial charge in [0.05, 0.1) is 14.6 Å². The van der Waals surface area contributed by atoms with Crippen LogP contribution in [-0.4, -0.2) is 15.4 Å². The average Bonchev–Trinajstić information content (AvgIpc) is 1.92. The second-order valence-electron chi connectivity index (χ2n) is 2.29. The molecule has 1 unspecified atom stereocenters. The maximum Gasteiger partial charge on any atom is 0.146 e. The molecule has 1 aromatic heterocycles. The summed E-state index contributed by atoms with van der Waals surface area (Å²) in [6, 6.07) is 1.55. The maximum absolute atomic E-state index is 11.3. The Hall–Kier alpha value is -0.130. The zero-order valence-corrected chi connectivity index (χ0v) is 9.33. The van der Waals surface area contributed by atoms with Crippen molar-refractivity contribution in [2.75, 3.05) is 6.26 Å². The average molecular weight is 270 g/mol. The molecule has 1 N–H and O–H groups in total. The van der Waals surface area contributed by atoms with Crippen molar-refractivity contribution in [2.45, 2.75) is 4.90 Å². The Bertz CT molecular complexity index is 404. The fraction of sp³-hybridized carbons (Fsp3) is 0.167. The summed E-state index contributed by atoms with van der Waals surface area (Å²) in [4.78, 5) is 4.03. The van der Waals surface area contributed by atoms with Gasteiger partial charge >= 0.3 is 0 Å². The van der Waals surface area contributed by atoms with E-state index in [9.17, 15) is 4.21 Å². The lowest BCUT2D eigenvalue weighted by Gasteiger charge is -2.02. The Balaban J connectivity index is 3.43. The molecule has 1 atom stereocenters. The molecule has 0 aliphatic rings. The van der Waals surface area contributed by atoms with Crippen molar-refractivity contribution in [2.24, 2.45) is 0 Å². The lowest BCUT2D eigenvalue weighted by atomic mass is 10.5. The molecule has 0 bridgehead atoms. The van der Waals surface area contributed by atoms with Crippen molar-refractivity contribution in [3.63, 3.8) is 0 Å². The Morgan fingerprint density at radius 2 is 2.33 bits per heavy atom. The SMILES string of the molecule is CS(=N)(=O)c1cc(Br)cnc1Cl. The van der Waals surface area contributed by atoms with E-state index in [1.807, 2.05) is 0 Å². The van der Waals surface area contributed by atoms with Gasteiger partial charge in [-0.2, -0.15) is 0 Å². The Morgan fingerprint density at radius 1 is 1.75 bits per heavy atom. The van der Waals surface area contributed by atoms with Crippen LogP contribution in [0.2, 0.25) is 5.15 Å². The van der Waals surface area contributed by atoms with E-state index in [-0.39, 0.29) is 10.0 Å². The van der Waals surface area contributed by atoms with Crippen LogP contribution in [0.25, 0.3) is 0 Å². The molecular weight excluding hydrogens is 264 g/mol. The minimum atomic E-state index is -2.78. The van der Waals surface area contributed by atoms with Crippen LogP contribution in [0.3, 0.4) is 0 Å². The van der Waals surface area contributed by atoms with Crippen LogP contribution in [-0.2, 0) is 9.73 Å². The first-order chi connectivity index (χ1) is 5.41. The smallest absolute Gasteiger partial charge is 0.146 e. The molecule has 12 heavy (non-hydrogen) atoms. The van der Waals surface area contributed by atoms with Gasteiger partial charge in [-0.25, -0.2) is 14.0 Å². The first kappa shape index (κ1) is 9.95. The largest absolute Gasteiger partial charge is 0.249 e. The number of hydrogen-bond acceptors (Lipinski definition) is 3. The molecule has 0 radical (unpaired) electrons. The van der Waals surface area contributed by atoms with Crippen LogP contribution in [0.1, 0.15) is 0 Å². The van der Waals surface area contributed by atoms with Crippen molar-refractivity contribution >= 4 is 37.3 Å². The number of nitrogens with zero attached hydrogens (tertiary/aromatic N) is 1. The lowest BCUT2D eigenvalue weighted by molar-refractivity contribution is 0.678. The molecule has 0 saturated carbocycles. The second-order valence-corrected chi connectivity index (χ2v) is 5.69. The first-order valence-electron chi connectivity index (χ1n) is 2.96. The third kappa shape index (κ3) is 2.18. The molecule has 1 aromatic rings. The Morgan fingerprint density at radius 3 is 2.75 bits per heavy atom. The maximum atomic E-state index is 11.3. The summed E-state index contributed by atoms with van der Waals surface area (Å²) in [5, 5.41) is 0.126. The van der Waals surface area contributed by atoms with E-state index in [1.54, 1.807) is 6.07 Å². The third-order valence-electron chi connectivity index (χ3n) is 1.19. The van der Waals surface area contributed by atoms with Gasteiger partial charge in [0, 0.05) is 16.9 Å². The normalized spacial score (nSPS) is 15.6. The molecule has 1 rings (SSSR count). The van der Waals surface area contributed by atoms with Gasteiger partial charge in [-0.15, -0.1) is 0 Å². The molecule has 1 heterocycles. The number of halogens is 2. The third-order valence-corrected chi connectivity index (χ3v) is 3.19. The van der Waals surface area contributed by atoms with Crippen LogP contribution in [0.4, 0.5) is 0 Å². The fourth-order valence-corrected chi connectivity index (χ4v) is 2.43. The van der Waals surface area contributed by atoms with Gasteiger partial charge in [-0.1, -0.05) is 11.6 Å². The van der Waals surface area contributed by atoms with Crippen LogP contribution >= 0.6 is 27.5 Å². The molecule has 0 fully saturated rings. The van der Waals surface area contributed by atoms with Gasteiger partial charge in [-0.3, -0.25) is 0 Å². The van der Waals surface area contributed by atoms with E-state index < -0.39 is 9.73 Å². The first-order valence-corrected chi connectivity index (χ1v) is 6.10. The van der Waals surface area contributed by atoms with Crippen molar-refractivity contribution < 1.29 is 4.21 Å². The Labute approximate surface area is 84.3 Å². The molecule has 0 aromatic carbocycles. The summed E-state index contributed by atoms with van der Waals surface area (Å²) in [5.74, 6) is 0. The predicted molar refractivity (Wildman–Crippen MR) is 52.0 cm³/mol. The highest BCUT2D eigenvalue weighted by molar-refractivity contribution is 9.10. The Kier molecular flexibility index (Phi) is 2.75. The van der Waals surface area contributed by atoms with Gasteiger partial charge in [0.25, 0.3) is 0 Å². The molecule has 0 aliphatic heterocycles. The summed E-state index contributed by atoms with van der Waals surface area (Å²) in [7, 11) is -2.78. The molecule has 0 saturated heterocycles. The predicted octanol–water partition coefficient (Wildman–Crippen LogP) is 2.53. The zero-order chi connectivity index (χ0) is 9.35. The fourth-order valence-electron chi connectivity index (χ4n) is 0.677. The van der Waals surface area contributed by atoms with Crippen molar-refractivity contribution in [1.29, 1.82) is 4.78 Å². The minimum absolute atomic E-state index is 0.126. The van der Waals surface area contributed by atoms with E-state index >= 15 is 0 Å². The lowest BCUT2D eigenvalue weighted by Crippen LogP contribution is -1.97. The van der Waals surface area contributed by atoms with E-state index in [0.717, 1.165) is 0 Å². The van der Waals surface area contributed by atoms with E-state index in [2.05, 4.69) is 20.9 Å². The van der Waals surface area contributed by atoms with E-state index in [0.29, 0.717) is 4.47 Å². The van der Waals surface area contributed by atoms with Gasteiger partial charge in [0.1, 0.15) is 5.15 Å². The summed E-state index contributed by atoms with van der Waals surface area (Å²) >= 11 is 8.81.